The van der Waals surface area contributed by atoms with E-state index >= 15 is 0 Å². The molecule has 0 saturated carbocycles. The molecule has 0 aliphatic rings. The van der Waals surface area contributed by atoms with Gasteiger partial charge in [0.25, 0.3) is 0 Å². The summed E-state index contributed by atoms with van der Waals surface area (Å²) in [5.41, 5.74) is 4.37. The van der Waals surface area contributed by atoms with Crippen molar-refractivity contribution in [1.82, 2.24) is 0 Å². The summed E-state index contributed by atoms with van der Waals surface area (Å²) in [6, 6.07) is 6.91. The number of hydrogen-bond acceptors (Lipinski definition) is 0. The monoisotopic (exact) mass is 246 g/mol. The SMILES string of the molecule is CCCCCCCCCCc1ccc(C)c(C)c1. The van der Waals surface area contributed by atoms with Crippen molar-refractivity contribution in [2.24, 2.45) is 0 Å². The molecule has 0 radical (unpaired) electrons. The third-order valence-corrected chi connectivity index (χ3v) is 3.89. The van der Waals surface area contributed by atoms with E-state index in [1.807, 2.05) is 0 Å². The highest BCUT2D eigenvalue weighted by atomic mass is 14.0. The standard InChI is InChI=1S/C18H30/c1-4-5-6-7-8-9-10-11-12-18-14-13-16(2)17(3)15-18/h13-15H,4-12H2,1-3H3. The third-order valence-electron chi connectivity index (χ3n) is 3.89. The van der Waals surface area contributed by atoms with Gasteiger partial charge >= 0.3 is 0 Å². The van der Waals surface area contributed by atoms with Crippen LogP contribution < -0.4 is 0 Å². The van der Waals surface area contributed by atoms with Crippen molar-refractivity contribution in [3.05, 3.63) is 34.9 Å². The molecule has 0 fully saturated rings. The van der Waals surface area contributed by atoms with Crippen LogP contribution in [0.15, 0.2) is 18.2 Å². The lowest BCUT2D eigenvalue weighted by Gasteiger charge is -2.05. The Kier molecular flexibility index (Phi) is 7.80. The van der Waals surface area contributed by atoms with E-state index in [2.05, 4.69) is 39.0 Å². The van der Waals surface area contributed by atoms with Crippen molar-refractivity contribution in [3.8, 4) is 0 Å². The molecule has 0 unspecified atom stereocenters. The van der Waals surface area contributed by atoms with E-state index in [0.717, 1.165) is 0 Å². The lowest BCUT2D eigenvalue weighted by molar-refractivity contribution is 0.575. The van der Waals surface area contributed by atoms with Crippen LogP contribution in [0.1, 0.15) is 75.0 Å². The fraction of sp³-hybridized carbons (Fsp3) is 0.667. The van der Waals surface area contributed by atoms with Gasteiger partial charge in [0.05, 0.1) is 0 Å². The van der Waals surface area contributed by atoms with Crippen molar-refractivity contribution in [3.63, 3.8) is 0 Å². The first kappa shape index (κ1) is 15.3. The summed E-state index contributed by atoms with van der Waals surface area (Å²) in [5, 5.41) is 0. The minimum Gasteiger partial charge on any atom is -0.0654 e. The average Bonchev–Trinajstić information content (AvgIpc) is 2.37. The highest BCUT2D eigenvalue weighted by molar-refractivity contribution is 5.29. The molecule has 0 saturated heterocycles. The number of aryl methyl sites for hydroxylation is 3. The molecular formula is C18H30. The number of benzene rings is 1. The number of hydrogen-bond donors (Lipinski definition) is 0. The molecular weight excluding hydrogens is 216 g/mol. The maximum atomic E-state index is 2.36. The van der Waals surface area contributed by atoms with E-state index in [9.17, 15) is 0 Å². The molecule has 0 amide bonds. The Morgan fingerprint density at radius 1 is 0.722 bits per heavy atom. The second-order valence-electron chi connectivity index (χ2n) is 5.64. The van der Waals surface area contributed by atoms with Crippen molar-refractivity contribution in [1.29, 1.82) is 0 Å². The molecule has 1 aromatic rings. The Hall–Kier alpha value is -0.780. The van der Waals surface area contributed by atoms with Crippen LogP contribution in [-0.2, 0) is 6.42 Å². The van der Waals surface area contributed by atoms with Crippen LogP contribution in [0.5, 0.6) is 0 Å². The van der Waals surface area contributed by atoms with Crippen molar-refractivity contribution in [2.45, 2.75) is 78.6 Å². The highest BCUT2D eigenvalue weighted by Crippen LogP contribution is 2.14. The molecule has 0 aliphatic carbocycles. The lowest BCUT2D eigenvalue weighted by atomic mass is 10.0. The van der Waals surface area contributed by atoms with Crippen molar-refractivity contribution in [2.75, 3.05) is 0 Å². The fourth-order valence-corrected chi connectivity index (χ4v) is 2.42. The Balaban J connectivity index is 2.05. The van der Waals surface area contributed by atoms with Gasteiger partial charge < -0.3 is 0 Å². The summed E-state index contributed by atoms with van der Waals surface area (Å²) in [7, 11) is 0. The van der Waals surface area contributed by atoms with Crippen LogP contribution in [-0.4, -0.2) is 0 Å². The zero-order valence-electron chi connectivity index (χ0n) is 12.6. The van der Waals surface area contributed by atoms with Gasteiger partial charge in [-0.25, -0.2) is 0 Å². The van der Waals surface area contributed by atoms with E-state index in [4.69, 9.17) is 0 Å². The van der Waals surface area contributed by atoms with E-state index in [1.54, 1.807) is 0 Å². The molecule has 1 aromatic carbocycles. The van der Waals surface area contributed by atoms with Crippen molar-refractivity contribution < 1.29 is 0 Å². The first-order chi connectivity index (χ1) is 8.74. The lowest BCUT2D eigenvalue weighted by Crippen LogP contribution is -1.89. The summed E-state index contributed by atoms with van der Waals surface area (Å²) in [6.07, 6.45) is 12.5. The molecule has 0 atom stereocenters. The van der Waals surface area contributed by atoms with Gasteiger partial charge in [0.2, 0.25) is 0 Å². The Morgan fingerprint density at radius 2 is 1.33 bits per heavy atom. The minimum atomic E-state index is 1.26. The van der Waals surface area contributed by atoms with Gasteiger partial charge in [-0.05, 0) is 43.4 Å². The molecule has 1 rings (SSSR count). The average molecular weight is 246 g/mol. The van der Waals surface area contributed by atoms with Gasteiger partial charge in [0.1, 0.15) is 0 Å². The molecule has 102 valence electrons. The molecule has 0 nitrogen and oxygen atoms in total. The second-order valence-corrected chi connectivity index (χ2v) is 5.64. The van der Waals surface area contributed by atoms with Gasteiger partial charge in [-0.3, -0.25) is 0 Å². The quantitative estimate of drug-likeness (QED) is 0.470. The zero-order chi connectivity index (χ0) is 13.2. The molecule has 0 N–H and O–H groups in total. The fourth-order valence-electron chi connectivity index (χ4n) is 2.42. The van der Waals surface area contributed by atoms with E-state index in [-0.39, 0.29) is 0 Å². The zero-order valence-corrected chi connectivity index (χ0v) is 12.6. The van der Waals surface area contributed by atoms with Gasteiger partial charge in [0.15, 0.2) is 0 Å². The van der Waals surface area contributed by atoms with Crippen LogP contribution in [0.25, 0.3) is 0 Å². The maximum absolute atomic E-state index is 2.36. The predicted molar refractivity (Wildman–Crippen MR) is 82.2 cm³/mol. The Labute approximate surface area is 114 Å². The first-order valence-electron chi connectivity index (χ1n) is 7.80. The molecule has 0 bridgehead atoms. The largest absolute Gasteiger partial charge is 0.0654 e. The highest BCUT2D eigenvalue weighted by Gasteiger charge is 1.97. The van der Waals surface area contributed by atoms with Gasteiger partial charge in [0, 0.05) is 0 Å². The van der Waals surface area contributed by atoms with Gasteiger partial charge in [-0.2, -0.15) is 0 Å². The van der Waals surface area contributed by atoms with Crippen LogP contribution in [0.2, 0.25) is 0 Å². The van der Waals surface area contributed by atoms with Crippen molar-refractivity contribution >= 4 is 0 Å². The molecule has 0 aromatic heterocycles. The minimum absolute atomic E-state index is 1.26. The smallest absolute Gasteiger partial charge is 0.0279 e. The van der Waals surface area contributed by atoms with Crippen LogP contribution in [0, 0.1) is 13.8 Å². The molecule has 18 heavy (non-hydrogen) atoms. The first-order valence-corrected chi connectivity index (χ1v) is 7.80. The van der Waals surface area contributed by atoms with Gasteiger partial charge in [-0.1, -0.05) is 70.1 Å². The van der Waals surface area contributed by atoms with Crippen LogP contribution >= 0.6 is 0 Å². The summed E-state index contributed by atoms with van der Waals surface area (Å²) < 4.78 is 0. The Morgan fingerprint density at radius 3 is 1.94 bits per heavy atom. The van der Waals surface area contributed by atoms with Gasteiger partial charge in [-0.15, -0.1) is 0 Å². The van der Waals surface area contributed by atoms with E-state index < -0.39 is 0 Å². The maximum Gasteiger partial charge on any atom is -0.0279 e. The normalized spacial score (nSPS) is 10.8. The summed E-state index contributed by atoms with van der Waals surface area (Å²) in [6.45, 7) is 6.69. The van der Waals surface area contributed by atoms with Crippen LogP contribution in [0.3, 0.4) is 0 Å². The summed E-state index contributed by atoms with van der Waals surface area (Å²) in [5.74, 6) is 0. The third kappa shape index (κ3) is 6.23. The second kappa shape index (κ2) is 9.19. The van der Waals surface area contributed by atoms with Crippen LogP contribution in [0.4, 0.5) is 0 Å². The molecule has 0 heteroatoms. The molecule has 0 spiro atoms. The van der Waals surface area contributed by atoms with E-state index in [1.165, 1.54) is 74.5 Å². The topological polar surface area (TPSA) is 0 Å². The molecule has 0 aliphatic heterocycles. The predicted octanol–water partition coefficient (Wildman–Crippen LogP) is 5.99. The van der Waals surface area contributed by atoms with E-state index in [0.29, 0.717) is 0 Å². The summed E-state index contributed by atoms with van der Waals surface area (Å²) in [4.78, 5) is 0. The summed E-state index contributed by atoms with van der Waals surface area (Å²) >= 11 is 0. The Bertz CT molecular complexity index is 325. The molecule has 0 heterocycles. The number of rotatable bonds is 9. The number of unbranched alkanes of at least 4 members (excludes halogenated alkanes) is 7.